The monoisotopic (exact) mass is 134 g/mol. The van der Waals surface area contributed by atoms with Crippen molar-refractivity contribution in [2.45, 2.75) is 26.7 Å². The fourth-order valence-electron chi connectivity index (χ4n) is 1.04. The molecule has 0 atom stereocenters. The van der Waals surface area contributed by atoms with Crippen LogP contribution in [0.4, 0.5) is 0 Å². The Balaban J connectivity index is 2.96. The van der Waals surface area contributed by atoms with Gasteiger partial charge in [0.2, 0.25) is 0 Å². The van der Waals surface area contributed by atoms with E-state index >= 15 is 0 Å². The largest absolute Gasteiger partial charge is 0.261 e. The maximum absolute atomic E-state index is 4.24. The minimum atomic E-state index is 1.01. The molecule has 0 N–H and O–H groups in total. The molecule has 1 radical (unpaired) electrons. The van der Waals surface area contributed by atoms with Gasteiger partial charge in [-0.25, -0.2) is 0 Å². The van der Waals surface area contributed by atoms with Crippen LogP contribution < -0.4 is 0 Å². The third-order valence-corrected chi connectivity index (χ3v) is 1.60. The van der Waals surface area contributed by atoms with Gasteiger partial charge in [0.15, 0.2) is 0 Å². The highest BCUT2D eigenvalue weighted by atomic mass is 14.7. The van der Waals surface area contributed by atoms with Crippen molar-refractivity contribution in [2.24, 2.45) is 0 Å². The van der Waals surface area contributed by atoms with E-state index in [2.05, 4.69) is 24.9 Å². The SMILES string of the molecule is CCc1[c]ccnc1CC. The second-order valence-corrected chi connectivity index (χ2v) is 2.22. The Kier molecular flexibility index (Phi) is 2.43. The second-order valence-electron chi connectivity index (χ2n) is 2.22. The van der Waals surface area contributed by atoms with Crippen LogP contribution in [0.5, 0.6) is 0 Å². The van der Waals surface area contributed by atoms with Crippen molar-refractivity contribution in [3.8, 4) is 0 Å². The number of aromatic nitrogens is 1. The Morgan fingerprint density at radius 3 is 2.70 bits per heavy atom. The molecule has 53 valence electrons. The second kappa shape index (κ2) is 3.35. The predicted octanol–water partition coefficient (Wildman–Crippen LogP) is 2.01. The summed E-state index contributed by atoms with van der Waals surface area (Å²) in [6.45, 7) is 4.25. The molecular formula is C9H12N. The van der Waals surface area contributed by atoms with Crippen LogP contribution >= 0.6 is 0 Å². The van der Waals surface area contributed by atoms with Crippen LogP contribution in [0.15, 0.2) is 12.3 Å². The first-order valence-electron chi connectivity index (χ1n) is 3.73. The summed E-state index contributed by atoms with van der Waals surface area (Å²) in [7, 11) is 0. The highest BCUT2D eigenvalue weighted by molar-refractivity contribution is 5.17. The zero-order valence-electron chi connectivity index (χ0n) is 6.52. The van der Waals surface area contributed by atoms with E-state index in [4.69, 9.17) is 0 Å². The van der Waals surface area contributed by atoms with Crippen LogP contribution in [-0.4, -0.2) is 4.98 Å². The van der Waals surface area contributed by atoms with E-state index in [-0.39, 0.29) is 0 Å². The summed E-state index contributed by atoms with van der Waals surface area (Å²) in [4.78, 5) is 4.24. The van der Waals surface area contributed by atoms with Crippen molar-refractivity contribution in [1.29, 1.82) is 0 Å². The van der Waals surface area contributed by atoms with Gasteiger partial charge in [-0.2, -0.15) is 0 Å². The zero-order chi connectivity index (χ0) is 7.40. The zero-order valence-corrected chi connectivity index (χ0v) is 6.52. The van der Waals surface area contributed by atoms with Crippen LogP contribution in [0.2, 0.25) is 0 Å². The van der Waals surface area contributed by atoms with Crippen LogP contribution in [0.3, 0.4) is 0 Å². The van der Waals surface area contributed by atoms with Crippen molar-refractivity contribution in [1.82, 2.24) is 4.98 Å². The number of hydrogen-bond donors (Lipinski definition) is 0. The van der Waals surface area contributed by atoms with E-state index in [0.29, 0.717) is 0 Å². The van der Waals surface area contributed by atoms with Gasteiger partial charge in [-0.15, -0.1) is 0 Å². The van der Waals surface area contributed by atoms with E-state index in [1.807, 2.05) is 6.07 Å². The van der Waals surface area contributed by atoms with Gasteiger partial charge >= 0.3 is 0 Å². The lowest BCUT2D eigenvalue weighted by Gasteiger charge is -2.00. The fraction of sp³-hybridized carbons (Fsp3) is 0.444. The summed E-state index contributed by atoms with van der Waals surface area (Å²) in [6, 6.07) is 5.05. The molecule has 0 bridgehead atoms. The normalized spacial score (nSPS) is 9.80. The molecule has 0 aliphatic carbocycles. The van der Waals surface area contributed by atoms with E-state index < -0.39 is 0 Å². The van der Waals surface area contributed by atoms with Gasteiger partial charge in [0, 0.05) is 11.9 Å². The Morgan fingerprint density at radius 2 is 2.20 bits per heavy atom. The summed E-state index contributed by atoms with van der Waals surface area (Å²) in [5, 5.41) is 0. The van der Waals surface area contributed by atoms with Gasteiger partial charge in [0.05, 0.1) is 0 Å². The first-order chi connectivity index (χ1) is 4.88. The molecule has 0 fully saturated rings. The first kappa shape index (κ1) is 7.26. The van der Waals surface area contributed by atoms with E-state index in [9.17, 15) is 0 Å². The molecule has 0 saturated heterocycles. The summed E-state index contributed by atoms with van der Waals surface area (Å²) in [5.74, 6) is 0. The number of nitrogens with zero attached hydrogens (tertiary/aromatic N) is 1. The van der Waals surface area contributed by atoms with E-state index in [1.54, 1.807) is 6.20 Å². The molecule has 1 heteroatoms. The Bertz CT molecular complexity index is 183. The maximum Gasteiger partial charge on any atom is 0.0438 e. The quantitative estimate of drug-likeness (QED) is 0.603. The van der Waals surface area contributed by atoms with Crippen LogP contribution in [0, 0.1) is 6.07 Å². The lowest BCUT2D eigenvalue weighted by Crippen LogP contribution is -1.93. The Labute approximate surface area is 62.1 Å². The van der Waals surface area contributed by atoms with Gasteiger partial charge < -0.3 is 0 Å². The highest BCUT2D eigenvalue weighted by Crippen LogP contribution is 2.04. The predicted molar refractivity (Wildman–Crippen MR) is 41.8 cm³/mol. The average Bonchev–Trinajstić information content (AvgIpc) is 2.04. The molecule has 1 heterocycles. The first-order valence-corrected chi connectivity index (χ1v) is 3.73. The molecule has 1 rings (SSSR count). The topological polar surface area (TPSA) is 12.9 Å². The molecule has 1 aromatic heterocycles. The van der Waals surface area contributed by atoms with Crippen LogP contribution in [-0.2, 0) is 12.8 Å². The Morgan fingerprint density at radius 1 is 1.40 bits per heavy atom. The molecule has 0 aromatic carbocycles. The summed E-state index contributed by atoms with van der Waals surface area (Å²) >= 11 is 0. The molecule has 0 amide bonds. The van der Waals surface area contributed by atoms with Crippen LogP contribution in [0.25, 0.3) is 0 Å². The molecule has 10 heavy (non-hydrogen) atoms. The third-order valence-electron chi connectivity index (χ3n) is 1.60. The van der Waals surface area contributed by atoms with Crippen molar-refractivity contribution < 1.29 is 0 Å². The van der Waals surface area contributed by atoms with E-state index in [1.165, 1.54) is 11.3 Å². The lowest BCUT2D eigenvalue weighted by atomic mass is 10.1. The smallest absolute Gasteiger partial charge is 0.0438 e. The van der Waals surface area contributed by atoms with Gasteiger partial charge in [0.25, 0.3) is 0 Å². The summed E-state index contributed by atoms with van der Waals surface area (Å²) in [5.41, 5.74) is 2.44. The van der Waals surface area contributed by atoms with Crippen molar-refractivity contribution in [3.63, 3.8) is 0 Å². The molecule has 0 saturated carbocycles. The standard InChI is InChI=1S/C9H12N/c1-3-8-6-5-7-10-9(8)4-2/h5,7H,3-4H2,1-2H3. The maximum atomic E-state index is 4.24. The molecule has 1 aromatic rings. The minimum absolute atomic E-state index is 1.01. The molecular weight excluding hydrogens is 122 g/mol. The van der Waals surface area contributed by atoms with Crippen LogP contribution in [0.1, 0.15) is 25.1 Å². The fourth-order valence-corrected chi connectivity index (χ4v) is 1.04. The van der Waals surface area contributed by atoms with Gasteiger partial charge in [0.1, 0.15) is 0 Å². The highest BCUT2D eigenvalue weighted by Gasteiger charge is 1.96. The van der Waals surface area contributed by atoms with Gasteiger partial charge in [-0.3, -0.25) is 4.98 Å². The molecule has 0 unspecified atom stereocenters. The third kappa shape index (κ3) is 1.35. The van der Waals surface area contributed by atoms with E-state index in [0.717, 1.165) is 12.8 Å². The molecule has 0 aliphatic rings. The number of hydrogen-bond acceptors (Lipinski definition) is 1. The average molecular weight is 134 g/mol. The Hall–Kier alpha value is -0.850. The minimum Gasteiger partial charge on any atom is -0.261 e. The molecule has 0 aliphatic heterocycles. The number of aryl methyl sites for hydroxylation is 2. The summed E-state index contributed by atoms with van der Waals surface area (Å²) < 4.78 is 0. The van der Waals surface area contributed by atoms with Crippen molar-refractivity contribution >= 4 is 0 Å². The molecule has 1 nitrogen and oxygen atoms in total. The molecule has 0 spiro atoms. The number of rotatable bonds is 2. The van der Waals surface area contributed by atoms with Crippen molar-refractivity contribution in [3.05, 3.63) is 29.6 Å². The van der Waals surface area contributed by atoms with Gasteiger partial charge in [-0.05, 0) is 30.5 Å². The number of pyridine rings is 1. The van der Waals surface area contributed by atoms with Gasteiger partial charge in [-0.1, -0.05) is 13.8 Å². The lowest BCUT2D eigenvalue weighted by molar-refractivity contribution is 0.962. The van der Waals surface area contributed by atoms with Crippen molar-refractivity contribution in [2.75, 3.05) is 0 Å². The summed E-state index contributed by atoms with van der Waals surface area (Å²) in [6.07, 6.45) is 3.86.